The highest BCUT2D eigenvalue weighted by molar-refractivity contribution is 4.94. The normalized spacial score (nSPS) is 24.7. The first kappa shape index (κ1) is 12.5. The van der Waals surface area contributed by atoms with Gasteiger partial charge in [0.2, 0.25) is 5.82 Å². The van der Waals surface area contributed by atoms with Gasteiger partial charge in [-0.2, -0.15) is 4.98 Å². The van der Waals surface area contributed by atoms with E-state index in [9.17, 15) is 0 Å². The van der Waals surface area contributed by atoms with E-state index in [-0.39, 0.29) is 18.3 Å². The fourth-order valence-corrected chi connectivity index (χ4v) is 1.76. The molecular formula is C11H19N3O3. The molecule has 1 aromatic heterocycles. The van der Waals surface area contributed by atoms with Crippen molar-refractivity contribution in [2.75, 3.05) is 6.54 Å². The molecule has 2 atom stereocenters. The molecule has 0 bridgehead atoms. The van der Waals surface area contributed by atoms with Gasteiger partial charge in [0, 0.05) is 6.54 Å². The second kappa shape index (κ2) is 5.57. The van der Waals surface area contributed by atoms with Gasteiger partial charge in [0.25, 0.3) is 5.89 Å². The Morgan fingerprint density at radius 2 is 2.29 bits per heavy atom. The van der Waals surface area contributed by atoms with E-state index in [4.69, 9.17) is 19.7 Å². The van der Waals surface area contributed by atoms with Gasteiger partial charge in [-0.3, -0.25) is 0 Å². The SMILES string of the molecule is CC(C)OCc1nc(C2CCC(CN)O2)no1. The third-order valence-corrected chi connectivity index (χ3v) is 2.68. The number of ether oxygens (including phenoxy) is 2. The molecule has 0 radical (unpaired) electrons. The van der Waals surface area contributed by atoms with E-state index >= 15 is 0 Å². The first-order valence-electron chi connectivity index (χ1n) is 5.98. The molecule has 1 aliphatic rings. The standard InChI is InChI=1S/C11H19N3O3/c1-7(2)15-6-10-13-11(14-17-10)9-4-3-8(5-12)16-9/h7-9H,3-6,12H2,1-2H3. The zero-order chi connectivity index (χ0) is 12.3. The van der Waals surface area contributed by atoms with Crippen molar-refractivity contribution in [1.29, 1.82) is 0 Å². The minimum absolute atomic E-state index is 0.0832. The summed E-state index contributed by atoms with van der Waals surface area (Å²) in [6.45, 7) is 4.81. The maximum Gasteiger partial charge on any atom is 0.252 e. The van der Waals surface area contributed by atoms with Gasteiger partial charge in [0.05, 0.1) is 12.2 Å². The molecule has 2 rings (SSSR count). The fraction of sp³-hybridized carbons (Fsp3) is 0.818. The third-order valence-electron chi connectivity index (χ3n) is 2.68. The summed E-state index contributed by atoms with van der Waals surface area (Å²) in [5, 5.41) is 3.91. The Bertz CT molecular complexity index is 353. The first-order valence-corrected chi connectivity index (χ1v) is 5.98. The lowest BCUT2D eigenvalue weighted by Crippen LogP contribution is -2.19. The summed E-state index contributed by atoms with van der Waals surface area (Å²) >= 11 is 0. The summed E-state index contributed by atoms with van der Waals surface area (Å²) in [6, 6.07) is 0. The average Bonchev–Trinajstić information content (AvgIpc) is 2.94. The summed E-state index contributed by atoms with van der Waals surface area (Å²) in [5.41, 5.74) is 5.55. The van der Waals surface area contributed by atoms with Crippen LogP contribution in [0.2, 0.25) is 0 Å². The van der Waals surface area contributed by atoms with Crippen LogP contribution in [0.1, 0.15) is 44.5 Å². The first-order chi connectivity index (χ1) is 8.19. The molecule has 1 saturated heterocycles. The van der Waals surface area contributed by atoms with Crippen molar-refractivity contribution in [3.8, 4) is 0 Å². The average molecular weight is 241 g/mol. The van der Waals surface area contributed by atoms with E-state index < -0.39 is 0 Å². The van der Waals surface area contributed by atoms with Gasteiger partial charge < -0.3 is 19.7 Å². The van der Waals surface area contributed by atoms with E-state index in [2.05, 4.69) is 10.1 Å². The van der Waals surface area contributed by atoms with Crippen LogP contribution in [0, 0.1) is 0 Å². The van der Waals surface area contributed by atoms with Crippen LogP contribution < -0.4 is 5.73 Å². The van der Waals surface area contributed by atoms with Crippen molar-refractivity contribution < 1.29 is 14.0 Å². The van der Waals surface area contributed by atoms with Crippen LogP contribution in [0.15, 0.2) is 4.52 Å². The Balaban J connectivity index is 1.90. The number of aromatic nitrogens is 2. The maximum absolute atomic E-state index is 5.68. The van der Waals surface area contributed by atoms with Crippen LogP contribution in [0.4, 0.5) is 0 Å². The molecule has 0 amide bonds. The number of hydrogen-bond donors (Lipinski definition) is 1. The van der Waals surface area contributed by atoms with E-state index in [1.165, 1.54) is 0 Å². The lowest BCUT2D eigenvalue weighted by Gasteiger charge is -2.07. The highest BCUT2D eigenvalue weighted by Gasteiger charge is 2.29. The quantitative estimate of drug-likeness (QED) is 0.833. The van der Waals surface area contributed by atoms with Gasteiger partial charge in [0.15, 0.2) is 0 Å². The van der Waals surface area contributed by atoms with Crippen molar-refractivity contribution in [2.24, 2.45) is 5.73 Å². The van der Waals surface area contributed by atoms with E-state index in [1.807, 2.05) is 13.8 Å². The molecular weight excluding hydrogens is 222 g/mol. The Morgan fingerprint density at radius 3 is 2.94 bits per heavy atom. The molecule has 1 fully saturated rings. The molecule has 96 valence electrons. The third kappa shape index (κ3) is 3.24. The Labute approximate surface area is 100 Å². The molecule has 2 unspecified atom stereocenters. The maximum atomic E-state index is 5.68. The predicted molar refractivity (Wildman–Crippen MR) is 60.1 cm³/mol. The topological polar surface area (TPSA) is 83.4 Å². The van der Waals surface area contributed by atoms with E-state index in [0.717, 1.165) is 12.8 Å². The molecule has 1 aromatic rings. The van der Waals surface area contributed by atoms with Gasteiger partial charge in [0.1, 0.15) is 12.7 Å². The fourth-order valence-electron chi connectivity index (χ4n) is 1.76. The number of hydrogen-bond acceptors (Lipinski definition) is 6. The van der Waals surface area contributed by atoms with Gasteiger partial charge >= 0.3 is 0 Å². The summed E-state index contributed by atoms with van der Waals surface area (Å²) in [6.07, 6.45) is 2.03. The van der Waals surface area contributed by atoms with Gasteiger partial charge in [-0.25, -0.2) is 0 Å². The minimum Gasteiger partial charge on any atom is -0.369 e. The van der Waals surface area contributed by atoms with Crippen LogP contribution in [0.3, 0.4) is 0 Å². The molecule has 17 heavy (non-hydrogen) atoms. The Kier molecular flexibility index (Phi) is 4.09. The number of nitrogens with two attached hydrogens (primary N) is 1. The smallest absolute Gasteiger partial charge is 0.252 e. The van der Waals surface area contributed by atoms with Gasteiger partial charge in [-0.15, -0.1) is 0 Å². The molecule has 0 saturated carbocycles. The lowest BCUT2D eigenvalue weighted by atomic mass is 10.2. The predicted octanol–water partition coefficient (Wildman–Crippen LogP) is 1.17. The molecule has 0 aliphatic carbocycles. The van der Waals surface area contributed by atoms with Gasteiger partial charge in [-0.05, 0) is 26.7 Å². The van der Waals surface area contributed by atoms with Crippen molar-refractivity contribution in [3.63, 3.8) is 0 Å². The largest absolute Gasteiger partial charge is 0.369 e. The van der Waals surface area contributed by atoms with Crippen molar-refractivity contribution >= 4 is 0 Å². The van der Waals surface area contributed by atoms with Gasteiger partial charge in [-0.1, -0.05) is 5.16 Å². The molecule has 2 N–H and O–H groups in total. The lowest BCUT2D eigenvalue weighted by molar-refractivity contribution is 0.0433. The van der Waals surface area contributed by atoms with Crippen LogP contribution in [-0.4, -0.2) is 28.9 Å². The highest BCUT2D eigenvalue weighted by atomic mass is 16.5. The molecule has 0 aromatic carbocycles. The second-order valence-electron chi connectivity index (χ2n) is 4.47. The van der Waals surface area contributed by atoms with Crippen LogP contribution in [0.5, 0.6) is 0 Å². The molecule has 2 heterocycles. The number of rotatable bonds is 5. The summed E-state index contributed by atoms with van der Waals surface area (Å²) in [4.78, 5) is 4.26. The zero-order valence-electron chi connectivity index (χ0n) is 10.3. The monoisotopic (exact) mass is 241 g/mol. The Hall–Kier alpha value is -0.980. The summed E-state index contributed by atoms with van der Waals surface area (Å²) < 4.78 is 16.2. The van der Waals surface area contributed by atoms with Crippen LogP contribution in [0.25, 0.3) is 0 Å². The van der Waals surface area contributed by atoms with Crippen molar-refractivity contribution in [3.05, 3.63) is 11.7 Å². The second-order valence-corrected chi connectivity index (χ2v) is 4.47. The molecule has 0 spiro atoms. The molecule has 6 nitrogen and oxygen atoms in total. The Morgan fingerprint density at radius 1 is 1.47 bits per heavy atom. The van der Waals surface area contributed by atoms with E-state index in [0.29, 0.717) is 24.9 Å². The van der Waals surface area contributed by atoms with Crippen molar-refractivity contribution in [1.82, 2.24) is 10.1 Å². The summed E-state index contributed by atoms with van der Waals surface area (Å²) in [7, 11) is 0. The molecule has 6 heteroatoms. The van der Waals surface area contributed by atoms with Crippen LogP contribution >= 0.6 is 0 Å². The van der Waals surface area contributed by atoms with E-state index in [1.54, 1.807) is 0 Å². The zero-order valence-corrected chi connectivity index (χ0v) is 10.3. The van der Waals surface area contributed by atoms with Crippen molar-refractivity contribution in [2.45, 2.75) is 51.6 Å². The molecule has 1 aliphatic heterocycles. The summed E-state index contributed by atoms with van der Waals surface area (Å²) in [5.74, 6) is 1.09. The van der Waals surface area contributed by atoms with Crippen LogP contribution in [-0.2, 0) is 16.1 Å². The number of nitrogens with zero attached hydrogens (tertiary/aromatic N) is 2. The highest BCUT2D eigenvalue weighted by Crippen LogP contribution is 2.30. The minimum atomic E-state index is -0.0832.